The van der Waals surface area contributed by atoms with Crippen molar-refractivity contribution in [3.05, 3.63) is 57.9 Å². The predicted octanol–water partition coefficient (Wildman–Crippen LogP) is 2.78. The average Bonchev–Trinajstić information content (AvgIpc) is 2.55. The van der Waals surface area contributed by atoms with E-state index in [-0.39, 0.29) is 5.56 Å². The van der Waals surface area contributed by atoms with Gasteiger partial charge >= 0.3 is 0 Å². The number of hydrogen-bond donors (Lipinski definition) is 1. The van der Waals surface area contributed by atoms with E-state index in [1.807, 2.05) is 25.1 Å². The monoisotopic (exact) mass is 291 g/mol. The van der Waals surface area contributed by atoms with Crippen molar-refractivity contribution in [1.82, 2.24) is 10.2 Å². The summed E-state index contributed by atoms with van der Waals surface area (Å²) in [6, 6.07) is 12.8. The van der Waals surface area contributed by atoms with Gasteiger partial charge in [0.2, 0.25) is 0 Å². The molecule has 0 aliphatic rings. The van der Waals surface area contributed by atoms with Crippen LogP contribution >= 0.6 is 0 Å². The molecule has 2 aromatic carbocycles. The normalized spacial score (nSPS) is 10.4. The second kappa shape index (κ2) is 5.34. The van der Waals surface area contributed by atoms with E-state index < -0.39 is 0 Å². The zero-order valence-corrected chi connectivity index (χ0v) is 12.2. The first-order valence-corrected chi connectivity index (χ1v) is 6.71. The highest BCUT2D eigenvalue weighted by Crippen LogP contribution is 2.33. The van der Waals surface area contributed by atoms with E-state index in [0.29, 0.717) is 22.4 Å². The first-order valence-electron chi connectivity index (χ1n) is 6.71. The molecule has 0 aliphatic carbocycles. The molecular formula is C17H13N3O2. The maximum atomic E-state index is 12.0. The van der Waals surface area contributed by atoms with Crippen LogP contribution in [0.4, 0.5) is 0 Å². The fourth-order valence-electron chi connectivity index (χ4n) is 2.44. The lowest BCUT2D eigenvalue weighted by Crippen LogP contribution is -2.10. The van der Waals surface area contributed by atoms with Crippen LogP contribution in [0.1, 0.15) is 11.1 Å². The van der Waals surface area contributed by atoms with Gasteiger partial charge in [0.25, 0.3) is 5.56 Å². The standard InChI is InChI=1S/C17H13N3O2/c1-10-3-5-12-14(7-10)17(21)20-19-16(12)13-6-4-11(9-18)8-15(13)22-2/h3-8H,1-2H3,(H,20,21). The minimum atomic E-state index is -0.227. The SMILES string of the molecule is COc1cc(C#N)ccc1-c1n[nH]c(=O)c2cc(C)ccc12. The van der Waals surface area contributed by atoms with E-state index in [1.54, 1.807) is 18.2 Å². The van der Waals surface area contributed by atoms with Crippen LogP contribution in [-0.4, -0.2) is 17.3 Å². The third-order valence-corrected chi connectivity index (χ3v) is 3.53. The summed E-state index contributed by atoms with van der Waals surface area (Å²) in [6.45, 7) is 1.93. The van der Waals surface area contributed by atoms with Crippen molar-refractivity contribution in [2.75, 3.05) is 7.11 Å². The number of aromatic nitrogens is 2. The van der Waals surface area contributed by atoms with Crippen molar-refractivity contribution in [1.29, 1.82) is 5.26 Å². The van der Waals surface area contributed by atoms with Gasteiger partial charge in [0.15, 0.2) is 0 Å². The lowest BCUT2D eigenvalue weighted by molar-refractivity contribution is 0.416. The smallest absolute Gasteiger partial charge is 0.272 e. The van der Waals surface area contributed by atoms with Gasteiger partial charge in [0.05, 0.1) is 24.1 Å². The lowest BCUT2D eigenvalue weighted by Gasteiger charge is -2.10. The van der Waals surface area contributed by atoms with Gasteiger partial charge in [-0.2, -0.15) is 10.4 Å². The molecule has 0 amide bonds. The van der Waals surface area contributed by atoms with Gasteiger partial charge in [0, 0.05) is 10.9 Å². The van der Waals surface area contributed by atoms with Crippen molar-refractivity contribution >= 4 is 10.8 Å². The number of rotatable bonds is 2. The Morgan fingerprint density at radius 2 is 2.00 bits per heavy atom. The van der Waals surface area contributed by atoms with E-state index in [9.17, 15) is 4.79 Å². The molecule has 1 N–H and O–H groups in total. The summed E-state index contributed by atoms with van der Waals surface area (Å²) in [5, 5.41) is 17.0. The summed E-state index contributed by atoms with van der Waals surface area (Å²) in [4.78, 5) is 12.0. The van der Waals surface area contributed by atoms with Crippen LogP contribution in [0.5, 0.6) is 5.75 Å². The number of ether oxygens (including phenoxy) is 1. The van der Waals surface area contributed by atoms with Gasteiger partial charge in [-0.1, -0.05) is 17.7 Å². The molecule has 0 bridgehead atoms. The summed E-state index contributed by atoms with van der Waals surface area (Å²) in [5.41, 5.74) is 2.63. The minimum Gasteiger partial charge on any atom is -0.496 e. The first kappa shape index (κ1) is 13.8. The fourth-order valence-corrected chi connectivity index (χ4v) is 2.44. The molecule has 0 atom stereocenters. The van der Waals surface area contributed by atoms with Crippen molar-refractivity contribution in [2.45, 2.75) is 6.92 Å². The molecule has 3 rings (SSSR count). The molecule has 0 radical (unpaired) electrons. The highest BCUT2D eigenvalue weighted by atomic mass is 16.5. The molecule has 0 spiro atoms. The van der Waals surface area contributed by atoms with Gasteiger partial charge in [-0.15, -0.1) is 0 Å². The zero-order valence-electron chi connectivity index (χ0n) is 12.2. The number of benzene rings is 2. The number of nitrogens with zero attached hydrogens (tertiary/aromatic N) is 2. The van der Waals surface area contributed by atoms with Crippen LogP contribution in [0.2, 0.25) is 0 Å². The quantitative estimate of drug-likeness (QED) is 0.787. The maximum Gasteiger partial charge on any atom is 0.272 e. The Morgan fingerprint density at radius 3 is 2.73 bits per heavy atom. The summed E-state index contributed by atoms with van der Waals surface area (Å²) < 4.78 is 5.36. The Bertz CT molecular complexity index is 968. The molecule has 5 nitrogen and oxygen atoms in total. The predicted molar refractivity (Wildman–Crippen MR) is 83.8 cm³/mol. The lowest BCUT2D eigenvalue weighted by atomic mass is 10.0. The topological polar surface area (TPSA) is 78.8 Å². The van der Waals surface area contributed by atoms with Crippen molar-refractivity contribution in [2.24, 2.45) is 0 Å². The Morgan fingerprint density at radius 1 is 1.18 bits per heavy atom. The van der Waals surface area contributed by atoms with Crippen LogP contribution < -0.4 is 10.3 Å². The van der Waals surface area contributed by atoms with Gasteiger partial charge in [-0.05, 0) is 31.2 Å². The number of nitrogens with one attached hydrogen (secondary N) is 1. The number of aromatic amines is 1. The second-order valence-corrected chi connectivity index (χ2v) is 4.98. The molecule has 1 aromatic heterocycles. The number of H-pyrrole nitrogens is 1. The average molecular weight is 291 g/mol. The van der Waals surface area contributed by atoms with Crippen LogP contribution in [0.15, 0.2) is 41.2 Å². The highest BCUT2D eigenvalue weighted by molar-refractivity contribution is 5.95. The number of fused-ring (bicyclic) bond motifs is 1. The van der Waals surface area contributed by atoms with Crippen molar-refractivity contribution in [3.63, 3.8) is 0 Å². The molecule has 0 fully saturated rings. The third-order valence-electron chi connectivity index (χ3n) is 3.53. The van der Waals surface area contributed by atoms with Crippen molar-refractivity contribution < 1.29 is 4.74 Å². The number of methoxy groups -OCH3 is 1. The van der Waals surface area contributed by atoms with Crippen LogP contribution in [0, 0.1) is 18.3 Å². The van der Waals surface area contributed by atoms with Crippen LogP contribution in [0.25, 0.3) is 22.0 Å². The number of hydrogen-bond acceptors (Lipinski definition) is 4. The van der Waals surface area contributed by atoms with Crippen LogP contribution in [0.3, 0.4) is 0 Å². The summed E-state index contributed by atoms with van der Waals surface area (Å²) in [7, 11) is 1.54. The van der Waals surface area contributed by atoms with Gasteiger partial charge in [-0.3, -0.25) is 4.79 Å². The molecule has 0 unspecified atom stereocenters. The molecule has 1 heterocycles. The number of aryl methyl sites for hydroxylation is 1. The second-order valence-electron chi connectivity index (χ2n) is 4.98. The minimum absolute atomic E-state index is 0.227. The molecule has 0 saturated carbocycles. The zero-order chi connectivity index (χ0) is 15.7. The van der Waals surface area contributed by atoms with Gasteiger partial charge in [-0.25, -0.2) is 5.10 Å². The molecule has 0 aliphatic heterocycles. The molecule has 0 saturated heterocycles. The van der Waals surface area contributed by atoms with Crippen LogP contribution in [-0.2, 0) is 0 Å². The largest absolute Gasteiger partial charge is 0.496 e. The van der Waals surface area contributed by atoms with Crippen molar-refractivity contribution in [3.8, 4) is 23.1 Å². The van der Waals surface area contributed by atoms with Gasteiger partial charge in [0.1, 0.15) is 11.4 Å². The Hall–Kier alpha value is -3.13. The van der Waals surface area contributed by atoms with E-state index in [2.05, 4.69) is 16.3 Å². The Labute approximate surface area is 126 Å². The number of nitriles is 1. The van der Waals surface area contributed by atoms with E-state index >= 15 is 0 Å². The third kappa shape index (κ3) is 2.21. The van der Waals surface area contributed by atoms with E-state index in [1.165, 1.54) is 7.11 Å². The molecule has 3 aromatic rings. The van der Waals surface area contributed by atoms with E-state index in [0.717, 1.165) is 16.5 Å². The Balaban J connectivity index is 2.34. The molecular weight excluding hydrogens is 278 g/mol. The molecule has 5 heteroatoms. The molecule has 108 valence electrons. The fraction of sp³-hybridized carbons (Fsp3) is 0.118. The highest BCUT2D eigenvalue weighted by Gasteiger charge is 2.13. The van der Waals surface area contributed by atoms with Gasteiger partial charge < -0.3 is 4.74 Å². The maximum absolute atomic E-state index is 12.0. The van der Waals surface area contributed by atoms with E-state index in [4.69, 9.17) is 10.00 Å². The first-order chi connectivity index (χ1) is 10.6. The summed E-state index contributed by atoms with van der Waals surface area (Å²) in [6.07, 6.45) is 0. The summed E-state index contributed by atoms with van der Waals surface area (Å²) >= 11 is 0. The molecule has 22 heavy (non-hydrogen) atoms. The summed E-state index contributed by atoms with van der Waals surface area (Å²) in [5.74, 6) is 0.542. The Kier molecular flexibility index (Phi) is 3.36.